The molecule has 130 valence electrons. The Hall–Kier alpha value is -1.14. The van der Waals surface area contributed by atoms with Gasteiger partial charge in [-0.1, -0.05) is 19.3 Å². The molecule has 2 aliphatic heterocycles. The summed E-state index contributed by atoms with van der Waals surface area (Å²) in [4.78, 5) is 28.7. The zero-order valence-electron chi connectivity index (χ0n) is 14.0. The van der Waals surface area contributed by atoms with E-state index in [-0.39, 0.29) is 17.7 Å². The first-order valence-electron chi connectivity index (χ1n) is 9.10. The Kier molecular flexibility index (Phi) is 5.89. The molecule has 1 unspecified atom stereocenters. The van der Waals surface area contributed by atoms with Gasteiger partial charge in [0.1, 0.15) is 0 Å². The molecule has 2 amide bonds. The molecule has 23 heavy (non-hydrogen) atoms. The summed E-state index contributed by atoms with van der Waals surface area (Å²) >= 11 is 0. The lowest BCUT2D eigenvalue weighted by molar-refractivity contribution is -0.139. The SMILES string of the molecule is O=C(CN1CCC(C(=O)N2CCOCC2)C1)NC1CCCCC1. The minimum atomic E-state index is 0.0515. The minimum absolute atomic E-state index is 0.0515. The van der Waals surface area contributed by atoms with E-state index in [1.54, 1.807) is 0 Å². The molecule has 0 spiro atoms. The number of hydrogen-bond acceptors (Lipinski definition) is 4. The van der Waals surface area contributed by atoms with E-state index in [9.17, 15) is 9.59 Å². The van der Waals surface area contributed by atoms with Gasteiger partial charge in [-0.15, -0.1) is 0 Å². The van der Waals surface area contributed by atoms with Crippen LogP contribution in [-0.2, 0) is 14.3 Å². The van der Waals surface area contributed by atoms with E-state index < -0.39 is 0 Å². The summed E-state index contributed by atoms with van der Waals surface area (Å²) in [6, 6.07) is 0.365. The maximum Gasteiger partial charge on any atom is 0.234 e. The predicted molar refractivity (Wildman–Crippen MR) is 87.0 cm³/mol. The van der Waals surface area contributed by atoms with Gasteiger partial charge < -0.3 is 15.0 Å². The average Bonchev–Trinajstić information content (AvgIpc) is 3.04. The highest BCUT2D eigenvalue weighted by atomic mass is 16.5. The fourth-order valence-corrected chi connectivity index (χ4v) is 3.94. The van der Waals surface area contributed by atoms with Gasteiger partial charge in [-0.3, -0.25) is 14.5 Å². The molecule has 6 nitrogen and oxygen atoms in total. The van der Waals surface area contributed by atoms with Crippen molar-refractivity contribution in [2.45, 2.75) is 44.6 Å². The van der Waals surface area contributed by atoms with Gasteiger partial charge in [-0.25, -0.2) is 0 Å². The highest BCUT2D eigenvalue weighted by molar-refractivity contribution is 5.80. The first-order valence-corrected chi connectivity index (χ1v) is 9.10. The summed E-state index contributed by atoms with van der Waals surface area (Å²) in [6.45, 7) is 4.70. The summed E-state index contributed by atoms with van der Waals surface area (Å²) in [5.74, 6) is 0.412. The van der Waals surface area contributed by atoms with Crippen molar-refractivity contribution in [1.29, 1.82) is 0 Å². The first-order chi connectivity index (χ1) is 11.2. The fraction of sp³-hybridized carbons (Fsp3) is 0.882. The number of likely N-dealkylation sites (tertiary alicyclic amines) is 1. The zero-order valence-corrected chi connectivity index (χ0v) is 14.0. The molecule has 1 aliphatic carbocycles. The number of nitrogens with one attached hydrogen (secondary N) is 1. The molecule has 1 saturated carbocycles. The van der Waals surface area contributed by atoms with Crippen molar-refractivity contribution in [2.24, 2.45) is 5.92 Å². The second-order valence-corrected chi connectivity index (χ2v) is 7.06. The van der Waals surface area contributed by atoms with Crippen molar-refractivity contribution >= 4 is 11.8 Å². The molecule has 3 rings (SSSR count). The number of ether oxygens (including phenoxy) is 1. The predicted octanol–water partition coefficient (Wildman–Crippen LogP) is 0.616. The molecule has 0 radical (unpaired) electrons. The van der Waals surface area contributed by atoms with Crippen LogP contribution in [0.25, 0.3) is 0 Å². The summed E-state index contributed by atoms with van der Waals surface area (Å²) in [6.07, 6.45) is 6.85. The van der Waals surface area contributed by atoms with Gasteiger partial charge in [0.05, 0.1) is 25.7 Å². The normalized spacial score (nSPS) is 27.1. The second kappa shape index (κ2) is 8.11. The monoisotopic (exact) mass is 323 g/mol. The van der Waals surface area contributed by atoms with E-state index in [0.29, 0.717) is 45.4 Å². The molecule has 2 saturated heterocycles. The van der Waals surface area contributed by atoms with E-state index in [2.05, 4.69) is 10.2 Å². The van der Waals surface area contributed by atoms with Gasteiger partial charge in [0.15, 0.2) is 0 Å². The maximum absolute atomic E-state index is 12.5. The van der Waals surface area contributed by atoms with Gasteiger partial charge in [-0.05, 0) is 25.8 Å². The Morgan fingerprint density at radius 3 is 2.48 bits per heavy atom. The first kappa shape index (κ1) is 16.7. The smallest absolute Gasteiger partial charge is 0.234 e. The molecule has 1 atom stereocenters. The molecular formula is C17H29N3O3. The molecule has 3 aliphatic rings. The van der Waals surface area contributed by atoms with Crippen molar-refractivity contribution < 1.29 is 14.3 Å². The largest absolute Gasteiger partial charge is 0.378 e. The molecule has 0 aromatic heterocycles. The molecule has 2 heterocycles. The molecule has 6 heteroatoms. The van der Waals surface area contributed by atoms with Gasteiger partial charge in [0.2, 0.25) is 11.8 Å². The maximum atomic E-state index is 12.5. The van der Waals surface area contributed by atoms with Gasteiger partial charge >= 0.3 is 0 Å². The van der Waals surface area contributed by atoms with Crippen molar-refractivity contribution in [2.75, 3.05) is 45.9 Å². The summed E-state index contributed by atoms with van der Waals surface area (Å²) in [5, 5.41) is 3.16. The Morgan fingerprint density at radius 1 is 1.00 bits per heavy atom. The van der Waals surface area contributed by atoms with Gasteiger partial charge in [0, 0.05) is 25.7 Å². The Balaban J connectivity index is 1.40. The van der Waals surface area contributed by atoms with Crippen LogP contribution in [0.1, 0.15) is 38.5 Å². The third-order valence-electron chi connectivity index (χ3n) is 5.28. The van der Waals surface area contributed by atoms with Gasteiger partial charge in [0.25, 0.3) is 0 Å². The number of nitrogens with zero attached hydrogens (tertiary/aromatic N) is 2. The quantitative estimate of drug-likeness (QED) is 0.824. The molecule has 3 fully saturated rings. The Morgan fingerprint density at radius 2 is 1.74 bits per heavy atom. The van der Waals surface area contributed by atoms with Crippen LogP contribution >= 0.6 is 0 Å². The lowest BCUT2D eigenvalue weighted by Gasteiger charge is -2.29. The second-order valence-electron chi connectivity index (χ2n) is 7.06. The molecule has 1 N–H and O–H groups in total. The minimum Gasteiger partial charge on any atom is -0.378 e. The average molecular weight is 323 g/mol. The fourth-order valence-electron chi connectivity index (χ4n) is 3.94. The van der Waals surface area contributed by atoms with Crippen molar-refractivity contribution in [3.8, 4) is 0 Å². The van der Waals surface area contributed by atoms with Gasteiger partial charge in [-0.2, -0.15) is 0 Å². The van der Waals surface area contributed by atoms with E-state index in [1.807, 2.05) is 4.90 Å². The van der Waals surface area contributed by atoms with E-state index >= 15 is 0 Å². The van der Waals surface area contributed by atoms with Crippen LogP contribution in [0, 0.1) is 5.92 Å². The standard InChI is InChI=1S/C17H29N3O3/c21-16(18-15-4-2-1-3-5-15)13-19-7-6-14(12-19)17(22)20-8-10-23-11-9-20/h14-15H,1-13H2,(H,18,21). The van der Waals surface area contributed by atoms with E-state index in [1.165, 1.54) is 19.3 Å². The number of carbonyl (C=O) groups excluding carboxylic acids is 2. The summed E-state index contributed by atoms with van der Waals surface area (Å²) in [5.41, 5.74) is 0. The molecule has 0 bridgehead atoms. The van der Waals surface area contributed by atoms with E-state index in [4.69, 9.17) is 4.74 Å². The van der Waals surface area contributed by atoms with Crippen LogP contribution in [0.15, 0.2) is 0 Å². The highest BCUT2D eigenvalue weighted by Gasteiger charge is 2.32. The number of hydrogen-bond donors (Lipinski definition) is 1. The van der Waals surface area contributed by atoms with Crippen molar-refractivity contribution in [1.82, 2.24) is 15.1 Å². The van der Waals surface area contributed by atoms with Crippen LogP contribution in [0.2, 0.25) is 0 Å². The Labute approximate surface area is 138 Å². The highest BCUT2D eigenvalue weighted by Crippen LogP contribution is 2.20. The number of rotatable bonds is 4. The van der Waals surface area contributed by atoms with Crippen molar-refractivity contribution in [3.05, 3.63) is 0 Å². The van der Waals surface area contributed by atoms with Crippen molar-refractivity contribution in [3.63, 3.8) is 0 Å². The third-order valence-corrected chi connectivity index (χ3v) is 5.28. The number of amides is 2. The molecule has 0 aromatic rings. The lowest BCUT2D eigenvalue weighted by Crippen LogP contribution is -2.45. The third kappa shape index (κ3) is 4.67. The van der Waals surface area contributed by atoms with Crippen LogP contribution in [-0.4, -0.2) is 73.6 Å². The summed E-state index contributed by atoms with van der Waals surface area (Å²) in [7, 11) is 0. The van der Waals surface area contributed by atoms with Crippen LogP contribution in [0.3, 0.4) is 0 Å². The zero-order chi connectivity index (χ0) is 16.1. The van der Waals surface area contributed by atoms with E-state index in [0.717, 1.165) is 25.8 Å². The topological polar surface area (TPSA) is 61.9 Å². The lowest BCUT2D eigenvalue weighted by atomic mass is 9.95. The molecular weight excluding hydrogens is 294 g/mol. The number of carbonyl (C=O) groups is 2. The van der Waals surface area contributed by atoms with Crippen LogP contribution in [0.5, 0.6) is 0 Å². The van der Waals surface area contributed by atoms with Crippen LogP contribution in [0.4, 0.5) is 0 Å². The Bertz CT molecular complexity index is 417. The number of morpholine rings is 1. The van der Waals surface area contributed by atoms with Crippen LogP contribution < -0.4 is 5.32 Å². The molecule has 0 aromatic carbocycles. The summed E-state index contributed by atoms with van der Waals surface area (Å²) < 4.78 is 5.30.